The SMILES string of the molecule is Cl.[Cl-].[Cl-].[Zn+2].[Zn]. The minimum atomic E-state index is 0. The van der Waals surface area contributed by atoms with Gasteiger partial charge in [-0.05, 0) is 0 Å². The summed E-state index contributed by atoms with van der Waals surface area (Å²) in [6.45, 7) is 0. The molecule has 26 valence electrons. The Morgan fingerprint density at radius 3 is 0.800 bits per heavy atom. The summed E-state index contributed by atoms with van der Waals surface area (Å²) in [7, 11) is 0. The number of rotatable bonds is 0. The van der Waals surface area contributed by atoms with Crippen LogP contribution in [-0.2, 0) is 39.0 Å². The summed E-state index contributed by atoms with van der Waals surface area (Å²) in [5.74, 6) is 0. The zero-order chi connectivity index (χ0) is 0. The molecule has 0 radical (unpaired) electrons. The maximum atomic E-state index is 0. The molecule has 0 unspecified atom stereocenters. The molecule has 5 heavy (non-hydrogen) atoms. The topological polar surface area (TPSA) is 0 Å². The van der Waals surface area contributed by atoms with Crippen molar-refractivity contribution in [2.75, 3.05) is 0 Å². The van der Waals surface area contributed by atoms with E-state index in [9.17, 15) is 0 Å². The second-order valence-electron chi connectivity index (χ2n) is 0. The van der Waals surface area contributed by atoms with Gasteiger partial charge in [-0.2, -0.15) is 0 Å². The molecule has 0 heterocycles. The summed E-state index contributed by atoms with van der Waals surface area (Å²) >= 11 is 0. The predicted molar refractivity (Wildman–Crippen MR) is 7.25 cm³/mol. The predicted octanol–water partition coefficient (Wildman–Crippen LogP) is -5.58. The summed E-state index contributed by atoms with van der Waals surface area (Å²) in [6.07, 6.45) is 0. The van der Waals surface area contributed by atoms with Crippen LogP contribution in [0.25, 0.3) is 0 Å². The minimum absolute atomic E-state index is 0. The summed E-state index contributed by atoms with van der Waals surface area (Å²) < 4.78 is 0. The van der Waals surface area contributed by atoms with Crippen LogP contribution in [0.15, 0.2) is 0 Å². The summed E-state index contributed by atoms with van der Waals surface area (Å²) in [5.41, 5.74) is 0. The van der Waals surface area contributed by atoms with Gasteiger partial charge in [0.25, 0.3) is 0 Å². The van der Waals surface area contributed by atoms with E-state index in [-0.39, 0.29) is 76.2 Å². The number of hydrogen-bond donors (Lipinski definition) is 0. The maximum absolute atomic E-state index is 0. The molecule has 0 atom stereocenters. The largest absolute Gasteiger partial charge is 2.00 e. The summed E-state index contributed by atoms with van der Waals surface area (Å²) in [6, 6.07) is 0. The van der Waals surface area contributed by atoms with E-state index in [1.54, 1.807) is 0 Å². The fourth-order valence-electron chi connectivity index (χ4n) is 0. The van der Waals surface area contributed by atoms with E-state index in [0.29, 0.717) is 0 Å². The van der Waals surface area contributed by atoms with Crippen LogP contribution in [0.2, 0.25) is 0 Å². The van der Waals surface area contributed by atoms with Crippen molar-refractivity contribution in [3.63, 3.8) is 0 Å². The Kier molecular flexibility index (Phi) is 425. The van der Waals surface area contributed by atoms with Crippen molar-refractivity contribution < 1.29 is 63.8 Å². The minimum Gasteiger partial charge on any atom is -1.00 e. The van der Waals surface area contributed by atoms with Gasteiger partial charge in [0.1, 0.15) is 0 Å². The number of hydrogen-bond acceptors (Lipinski definition) is 0. The summed E-state index contributed by atoms with van der Waals surface area (Å²) in [4.78, 5) is 0. The molecule has 0 aromatic carbocycles. The number of halogens is 3. The zero-order valence-electron chi connectivity index (χ0n) is 2.58. The molecule has 0 saturated carbocycles. The van der Waals surface area contributed by atoms with Crippen LogP contribution in [0.3, 0.4) is 0 Å². The third-order valence-corrected chi connectivity index (χ3v) is 0. The standard InChI is InChI=1S/3ClH.2Zn/h3*1H;;/q;;;;+2/p-2. The van der Waals surface area contributed by atoms with Gasteiger partial charge in [-0.3, -0.25) is 0 Å². The molecule has 0 rings (SSSR count). The van der Waals surface area contributed by atoms with E-state index < -0.39 is 0 Å². The molecule has 0 saturated heterocycles. The Bertz CT molecular complexity index is 4.85. The molecule has 0 nitrogen and oxygen atoms in total. The van der Waals surface area contributed by atoms with Crippen LogP contribution in [-0.4, -0.2) is 0 Å². The molecule has 0 spiro atoms. The first-order valence-corrected chi connectivity index (χ1v) is 0. The molecule has 0 aromatic rings. The Labute approximate surface area is 75.6 Å². The second kappa shape index (κ2) is 35.7. The smallest absolute Gasteiger partial charge is 1.00 e. The molecular formula is HCl3Zn2. The average molecular weight is 238 g/mol. The van der Waals surface area contributed by atoms with Crippen molar-refractivity contribution >= 4 is 12.4 Å². The quantitative estimate of drug-likeness (QED) is 0.369. The molecule has 0 fully saturated rings. The van der Waals surface area contributed by atoms with E-state index in [0.717, 1.165) is 0 Å². The van der Waals surface area contributed by atoms with E-state index in [1.807, 2.05) is 0 Å². The van der Waals surface area contributed by atoms with Crippen LogP contribution in [0, 0.1) is 0 Å². The Morgan fingerprint density at radius 2 is 0.800 bits per heavy atom. The monoisotopic (exact) mass is 234 g/mol. The van der Waals surface area contributed by atoms with Crippen LogP contribution >= 0.6 is 12.4 Å². The van der Waals surface area contributed by atoms with E-state index in [2.05, 4.69) is 0 Å². The first-order chi connectivity index (χ1) is 0. The fourth-order valence-corrected chi connectivity index (χ4v) is 0. The van der Waals surface area contributed by atoms with Gasteiger partial charge in [0, 0.05) is 19.5 Å². The van der Waals surface area contributed by atoms with Gasteiger partial charge in [0.2, 0.25) is 0 Å². The Morgan fingerprint density at radius 1 is 0.800 bits per heavy atom. The van der Waals surface area contributed by atoms with Crippen molar-refractivity contribution in [1.29, 1.82) is 0 Å². The van der Waals surface area contributed by atoms with Gasteiger partial charge in [-0.1, -0.05) is 0 Å². The molecule has 0 aromatic heterocycles. The van der Waals surface area contributed by atoms with Crippen molar-refractivity contribution in [1.82, 2.24) is 0 Å². The van der Waals surface area contributed by atoms with Gasteiger partial charge < -0.3 is 24.8 Å². The van der Waals surface area contributed by atoms with Gasteiger partial charge in [0.05, 0.1) is 0 Å². The summed E-state index contributed by atoms with van der Waals surface area (Å²) in [5, 5.41) is 0. The third kappa shape index (κ3) is 23.1. The molecule has 5 heteroatoms. The van der Waals surface area contributed by atoms with E-state index in [4.69, 9.17) is 0 Å². The first kappa shape index (κ1) is 59.4. The average Bonchev–Trinajstić information content (AvgIpc) is 0. The van der Waals surface area contributed by atoms with Gasteiger partial charge in [-0.25, -0.2) is 0 Å². The van der Waals surface area contributed by atoms with Gasteiger partial charge >= 0.3 is 19.5 Å². The zero-order valence-corrected chi connectivity index (χ0v) is 10.8. The van der Waals surface area contributed by atoms with Crippen LogP contribution < -0.4 is 24.8 Å². The van der Waals surface area contributed by atoms with Crippen LogP contribution in [0.4, 0.5) is 0 Å². The molecule has 0 aliphatic carbocycles. The first-order valence-electron chi connectivity index (χ1n) is 0. The molecule has 0 N–H and O–H groups in total. The third-order valence-electron chi connectivity index (χ3n) is 0. The van der Waals surface area contributed by atoms with Crippen molar-refractivity contribution in [3.05, 3.63) is 0 Å². The van der Waals surface area contributed by atoms with Crippen molar-refractivity contribution in [2.24, 2.45) is 0 Å². The second-order valence-corrected chi connectivity index (χ2v) is 0. The van der Waals surface area contributed by atoms with E-state index in [1.165, 1.54) is 0 Å². The molecule has 0 bridgehead atoms. The van der Waals surface area contributed by atoms with Gasteiger partial charge in [0.15, 0.2) is 0 Å². The molecule has 0 amide bonds. The van der Waals surface area contributed by atoms with Gasteiger partial charge in [-0.15, -0.1) is 12.4 Å². The van der Waals surface area contributed by atoms with Crippen LogP contribution in [0.5, 0.6) is 0 Å². The Hall–Kier alpha value is 2.12. The van der Waals surface area contributed by atoms with Crippen molar-refractivity contribution in [2.45, 2.75) is 0 Å². The fraction of sp³-hybridized carbons (Fsp3) is 0. The Balaban J connectivity index is 0. The molecule has 0 aliphatic heterocycles. The normalized spacial score (nSPS) is 0. The van der Waals surface area contributed by atoms with E-state index >= 15 is 0 Å². The molecular weight excluding hydrogens is 237 g/mol. The molecule has 0 aliphatic rings. The van der Waals surface area contributed by atoms with Crippen molar-refractivity contribution in [3.8, 4) is 0 Å². The maximum Gasteiger partial charge on any atom is 2.00 e. The van der Waals surface area contributed by atoms with Crippen LogP contribution in [0.1, 0.15) is 0 Å².